The van der Waals surface area contributed by atoms with Gasteiger partial charge in [-0.25, -0.2) is 14.4 Å². The molecule has 120 valence electrons. The Balaban J connectivity index is -0.000000520. The summed E-state index contributed by atoms with van der Waals surface area (Å²) in [7, 11) is 0. The average molecular weight is 374 g/mol. The van der Waals surface area contributed by atoms with Gasteiger partial charge in [-0.15, -0.1) is 0 Å². The van der Waals surface area contributed by atoms with Crippen molar-refractivity contribution in [3.63, 3.8) is 0 Å². The molecule has 0 unspecified atom stereocenters. The van der Waals surface area contributed by atoms with E-state index < -0.39 is 39.8 Å². The van der Waals surface area contributed by atoms with Gasteiger partial charge in [-0.05, 0) is 0 Å². The Kier molecular flexibility index (Phi) is 19.5. The fourth-order valence-corrected chi connectivity index (χ4v) is 1.12. The van der Waals surface area contributed by atoms with Gasteiger partial charge in [0.2, 0.25) is 0 Å². The van der Waals surface area contributed by atoms with E-state index in [-0.39, 0.29) is 51.4 Å². The summed E-state index contributed by atoms with van der Waals surface area (Å²) in [5.74, 6) is 0. The summed E-state index contributed by atoms with van der Waals surface area (Å²) >= 11 is -3.86. The number of rotatable bonds is 3. The van der Waals surface area contributed by atoms with Crippen LogP contribution in [0.2, 0.25) is 0 Å². The molecule has 0 rings (SSSR count). The van der Waals surface area contributed by atoms with Crippen molar-refractivity contribution < 1.29 is 128 Å². The molecule has 0 saturated carbocycles. The minimum atomic E-state index is -3.86. The molecule has 0 aromatic carbocycles. The number of carbonyl (C=O) groups excluding carboxylic acids is 4. The Labute approximate surface area is 166 Å². The van der Waals surface area contributed by atoms with E-state index in [2.05, 4.69) is 30.9 Å². The van der Waals surface area contributed by atoms with Gasteiger partial charge in [-0.3, -0.25) is 19.9 Å². The summed E-state index contributed by atoms with van der Waals surface area (Å²) in [6, 6.07) is 0. The monoisotopic (exact) mass is 374 g/mol. The molecule has 0 radical (unpaired) electrons. The Morgan fingerprint density at radius 3 is 1.05 bits per heavy atom. The third-order valence-corrected chi connectivity index (χ3v) is 2.03. The SMILES string of the molecule is O=C(OO)[O][Al]([O]C(=O)OO)[O]C(=O)OO.O=C([O-])OO.[K+]. The van der Waals surface area contributed by atoms with E-state index in [0.717, 1.165) is 0 Å². The quantitative estimate of drug-likeness (QED) is 0.158. The van der Waals surface area contributed by atoms with E-state index in [0.29, 0.717) is 0 Å². The average Bonchev–Trinajstić information content (AvgIpc) is 2.46. The van der Waals surface area contributed by atoms with Crippen molar-refractivity contribution in [1.82, 2.24) is 0 Å². The van der Waals surface area contributed by atoms with Gasteiger partial charge in [0.1, 0.15) is 0 Å². The van der Waals surface area contributed by atoms with Crippen molar-refractivity contribution in [2.24, 2.45) is 0 Å². The van der Waals surface area contributed by atoms with Gasteiger partial charge in [-0.1, -0.05) is 0 Å². The van der Waals surface area contributed by atoms with E-state index >= 15 is 0 Å². The minimum absolute atomic E-state index is 0. The van der Waals surface area contributed by atoms with Crippen LogP contribution in [-0.2, 0) is 30.9 Å². The molecule has 18 heteroatoms. The standard InChI is InChI=1S/4CH2O4.Al.K/c4*2-1(3)5-4;;/h4*4H,(H,2,3);;/q;;;;+3;+1/p-4. The van der Waals surface area contributed by atoms with Gasteiger partial charge in [0.25, 0.3) is 6.16 Å². The number of carbonyl (C=O) groups is 4. The maximum absolute atomic E-state index is 10.3. The molecule has 0 bridgehead atoms. The van der Waals surface area contributed by atoms with Gasteiger partial charge >= 0.3 is 85.0 Å². The second-order valence-electron chi connectivity index (χ2n) is 2.01. The third kappa shape index (κ3) is 17.1. The van der Waals surface area contributed by atoms with Crippen molar-refractivity contribution >= 4 is 39.8 Å². The Morgan fingerprint density at radius 1 is 0.682 bits per heavy atom. The Hall–Kier alpha value is -0.911. The van der Waals surface area contributed by atoms with Crippen molar-refractivity contribution in [3.8, 4) is 0 Å². The van der Waals surface area contributed by atoms with Crippen LogP contribution in [0.1, 0.15) is 0 Å². The molecule has 0 atom stereocenters. The van der Waals surface area contributed by atoms with Gasteiger partial charge in [0, 0.05) is 0 Å². The third-order valence-electron chi connectivity index (χ3n) is 0.875. The molecule has 16 nitrogen and oxygen atoms in total. The first-order valence-corrected chi connectivity index (χ1v) is 5.30. The summed E-state index contributed by atoms with van der Waals surface area (Å²) in [4.78, 5) is 51.3. The molecule has 0 saturated heterocycles. The largest absolute Gasteiger partial charge is 1.21 e. The predicted molar refractivity (Wildman–Crippen MR) is 45.4 cm³/mol. The molecule has 0 aliphatic rings. The molecule has 0 fully saturated rings. The van der Waals surface area contributed by atoms with Gasteiger partial charge in [0.05, 0.1) is 0 Å². The molecule has 0 aliphatic heterocycles. The topological polar surface area (TPSA) is 237 Å². The first-order chi connectivity index (χ1) is 9.80. The fourth-order valence-electron chi connectivity index (χ4n) is 0.372. The Morgan fingerprint density at radius 2 is 0.909 bits per heavy atom. The molecule has 0 aromatic rings. The molecule has 0 aromatic heterocycles. The molecule has 0 heterocycles. The zero-order valence-corrected chi connectivity index (χ0v) is 14.5. The maximum atomic E-state index is 10.3. The van der Waals surface area contributed by atoms with Crippen LogP contribution >= 0.6 is 0 Å². The van der Waals surface area contributed by atoms with E-state index in [9.17, 15) is 14.4 Å². The van der Waals surface area contributed by atoms with E-state index in [4.69, 9.17) is 30.9 Å². The first-order valence-electron chi connectivity index (χ1n) is 3.89. The second kappa shape index (κ2) is 16.5. The van der Waals surface area contributed by atoms with Crippen LogP contribution in [0.15, 0.2) is 0 Å². The second-order valence-corrected chi connectivity index (χ2v) is 3.29. The van der Waals surface area contributed by atoms with Crippen LogP contribution in [0, 0.1) is 0 Å². The zero-order chi connectivity index (χ0) is 16.8. The van der Waals surface area contributed by atoms with Crippen LogP contribution in [-0.4, -0.2) is 60.8 Å². The summed E-state index contributed by atoms with van der Waals surface area (Å²) in [6.45, 7) is 0. The van der Waals surface area contributed by atoms with Crippen molar-refractivity contribution in [3.05, 3.63) is 0 Å². The summed E-state index contributed by atoms with van der Waals surface area (Å²) < 4.78 is 11.7. The van der Waals surface area contributed by atoms with Gasteiger partial charge in [-0.2, -0.15) is 15.8 Å². The number of hydrogen-bond donors (Lipinski definition) is 4. The van der Waals surface area contributed by atoms with E-state index in [1.54, 1.807) is 0 Å². The summed E-state index contributed by atoms with van der Waals surface area (Å²) in [5, 5.41) is 39.1. The molecule has 0 spiro atoms. The molecule has 4 N–H and O–H groups in total. The molecule has 0 aliphatic carbocycles. The van der Waals surface area contributed by atoms with Crippen LogP contribution in [0.4, 0.5) is 19.2 Å². The van der Waals surface area contributed by atoms with Crippen molar-refractivity contribution in [2.45, 2.75) is 0 Å². The molecular weight excluding hydrogens is 370 g/mol. The number of hydrogen-bond acceptors (Lipinski definition) is 16. The predicted octanol–water partition coefficient (Wildman–Crippen LogP) is -4.33. The normalized spacial score (nSPS) is 7.64. The summed E-state index contributed by atoms with van der Waals surface area (Å²) in [6.07, 6.45) is -7.25. The van der Waals surface area contributed by atoms with Gasteiger partial charge < -0.3 is 26.2 Å². The fraction of sp³-hybridized carbons (Fsp3) is 0. The van der Waals surface area contributed by atoms with E-state index in [1.807, 2.05) is 0 Å². The maximum Gasteiger partial charge on any atom is 1.21 e. The number of carboxylic acid groups (broad SMARTS) is 1. The molecular formula is C4H4AlKO16. The van der Waals surface area contributed by atoms with Crippen LogP contribution in [0.5, 0.6) is 0 Å². The first kappa shape index (κ1) is 26.0. The van der Waals surface area contributed by atoms with Gasteiger partial charge in [0.15, 0.2) is 0 Å². The van der Waals surface area contributed by atoms with Crippen LogP contribution < -0.4 is 56.5 Å². The van der Waals surface area contributed by atoms with Crippen LogP contribution in [0.25, 0.3) is 0 Å². The van der Waals surface area contributed by atoms with Crippen molar-refractivity contribution in [2.75, 3.05) is 0 Å². The smallest absolute Gasteiger partial charge is 0.516 e. The molecule has 22 heavy (non-hydrogen) atoms. The van der Waals surface area contributed by atoms with E-state index in [1.165, 1.54) is 0 Å². The zero-order valence-electron chi connectivity index (χ0n) is 10.3. The Bertz CT molecular complexity index is 313. The van der Waals surface area contributed by atoms with Crippen molar-refractivity contribution in [1.29, 1.82) is 0 Å². The molecule has 0 amide bonds. The summed E-state index contributed by atoms with van der Waals surface area (Å²) in [5.41, 5.74) is 0. The van der Waals surface area contributed by atoms with Crippen LogP contribution in [0.3, 0.4) is 0 Å². The minimum Gasteiger partial charge on any atom is -0.516 e.